The molecular weight excluding hydrogens is 698 g/mol. The first-order chi connectivity index (χ1) is 26.8. The standard InChI is InChI=1S/C44H41N3O8/c48-41(54-32-14-3-1-4-15-32)40-43(37-21-11-9-19-35(37)36-20-10-12-22-38(36)43)44(40,42(49)55-33-16-5-2-6-17-33)45-24-23-28-13-7-8-18-34(28)39(45)29-25-30(46(50)51)27-31(26-29)47(52)53/h7-13,18-22,25-27,32-33H,1-6,14-17,23-24H2/b41-40+. The summed E-state index contributed by atoms with van der Waals surface area (Å²) in [7, 11) is 0. The van der Waals surface area contributed by atoms with Crippen molar-refractivity contribution in [3.63, 3.8) is 0 Å². The van der Waals surface area contributed by atoms with Gasteiger partial charge in [0.25, 0.3) is 11.4 Å². The van der Waals surface area contributed by atoms with Crippen LogP contribution in [0, 0.1) is 20.2 Å². The lowest BCUT2D eigenvalue weighted by molar-refractivity contribution is -0.570. The van der Waals surface area contributed by atoms with Gasteiger partial charge in [-0.15, -0.1) is 0 Å². The number of ether oxygens (including phenoxy) is 2. The fourth-order valence-corrected chi connectivity index (χ4v) is 10.2. The van der Waals surface area contributed by atoms with Crippen molar-refractivity contribution in [3.05, 3.63) is 151 Å². The normalized spacial score (nSPS) is 22.3. The summed E-state index contributed by atoms with van der Waals surface area (Å²) in [5, 5.41) is 39.8. The Hall–Kier alpha value is -5.84. The van der Waals surface area contributed by atoms with Gasteiger partial charge in [-0.05, 0) is 72.4 Å². The van der Waals surface area contributed by atoms with E-state index in [4.69, 9.17) is 9.47 Å². The maximum Gasteiger partial charge on any atom is 0.385 e. The van der Waals surface area contributed by atoms with Gasteiger partial charge in [0, 0.05) is 30.2 Å². The highest BCUT2D eigenvalue weighted by atomic mass is 16.6. The molecule has 55 heavy (non-hydrogen) atoms. The quantitative estimate of drug-likeness (QED) is 0.0596. The molecule has 0 aromatic heterocycles. The molecule has 0 saturated heterocycles. The first-order valence-corrected chi connectivity index (χ1v) is 19.4. The van der Waals surface area contributed by atoms with Gasteiger partial charge in [-0.2, -0.15) is 0 Å². The number of nitro benzene ring substituents is 2. The number of hydrogen-bond acceptors (Lipinski definition) is 8. The van der Waals surface area contributed by atoms with Crippen LogP contribution >= 0.6 is 0 Å². The van der Waals surface area contributed by atoms with Crippen molar-refractivity contribution in [2.75, 3.05) is 6.54 Å². The number of fused-ring (bicyclic) bond motifs is 6. The molecule has 0 bridgehead atoms. The van der Waals surface area contributed by atoms with Gasteiger partial charge in [-0.3, -0.25) is 20.2 Å². The average molecular weight is 740 g/mol. The van der Waals surface area contributed by atoms with Gasteiger partial charge in [-0.25, -0.2) is 9.37 Å². The highest BCUT2D eigenvalue weighted by Crippen LogP contribution is 2.75. The monoisotopic (exact) mass is 739 g/mol. The summed E-state index contributed by atoms with van der Waals surface area (Å²) in [6, 6.07) is 26.8. The Kier molecular flexibility index (Phi) is 8.55. The topological polar surface area (TPSA) is 148 Å². The Morgan fingerprint density at radius 2 is 1.18 bits per heavy atom. The van der Waals surface area contributed by atoms with E-state index >= 15 is 9.90 Å². The molecule has 0 radical (unpaired) electrons. The Balaban J connectivity index is 1.41. The van der Waals surface area contributed by atoms with Crippen LogP contribution < -0.4 is 5.11 Å². The number of non-ortho nitro benzene ring substituents is 2. The molecule has 0 amide bonds. The predicted octanol–water partition coefficient (Wildman–Crippen LogP) is 7.43. The third kappa shape index (κ3) is 5.30. The fourth-order valence-electron chi connectivity index (χ4n) is 10.2. The summed E-state index contributed by atoms with van der Waals surface area (Å²) in [4.78, 5) is 39.1. The van der Waals surface area contributed by atoms with E-state index in [0.717, 1.165) is 85.3 Å². The average Bonchev–Trinajstić information content (AvgIpc) is 3.77. The zero-order chi connectivity index (χ0) is 37.9. The third-order valence-electron chi connectivity index (χ3n) is 12.5. The van der Waals surface area contributed by atoms with E-state index in [1.165, 1.54) is 12.1 Å². The highest BCUT2D eigenvalue weighted by molar-refractivity contribution is 6.14. The molecule has 1 aliphatic heterocycles. The van der Waals surface area contributed by atoms with Gasteiger partial charge < -0.3 is 14.6 Å². The molecular formula is C44H41N3O8. The summed E-state index contributed by atoms with van der Waals surface area (Å²) in [5.41, 5.74) is 1.67. The molecule has 5 aliphatic rings. The molecule has 1 atom stereocenters. The second kappa shape index (κ2) is 13.5. The second-order valence-corrected chi connectivity index (χ2v) is 15.4. The zero-order valence-corrected chi connectivity index (χ0v) is 30.4. The third-order valence-corrected chi connectivity index (χ3v) is 12.5. The smallest absolute Gasteiger partial charge is 0.385 e. The first-order valence-electron chi connectivity index (χ1n) is 19.4. The van der Waals surface area contributed by atoms with Crippen molar-refractivity contribution in [1.82, 2.24) is 0 Å². The lowest BCUT2D eigenvalue weighted by Gasteiger charge is -2.31. The van der Waals surface area contributed by atoms with Crippen LogP contribution in [0.15, 0.2) is 103 Å². The molecule has 1 heterocycles. The Morgan fingerprint density at radius 3 is 1.75 bits per heavy atom. The van der Waals surface area contributed by atoms with Crippen molar-refractivity contribution in [2.24, 2.45) is 0 Å². The molecule has 280 valence electrons. The van der Waals surface area contributed by atoms with E-state index in [1.807, 2.05) is 77.4 Å². The van der Waals surface area contributed by atoms with Crippen LogP contribution in [0.2, 0.25) is 0 Å². The maximum atomic E-state index is 15.8. The molecule has 11 nitrogen and oxygen atoms in total. The van der Waals surface area contributed by atoms with E-state index in [2.05, 4.69) is 0 Å². The summed E-state index contributed by atoms with van der Waals surface area (Å²) in [6.45, 7) is 0.217. The predicted molar refractivity (Wildman–Crippen MR) is 202 cm³/mol. The summed E-state index contributed by atoms with van der Waals surface area (Å²) >= 11 is 0. The molecule has 1 unspecified atom stereocenters. The minimum absolute atomic E-state index is 0.194. The lowest BCUT2D eigenvalue weighted by atomic mass is 9.85. The number of rotatable bonds is 8. The van der Waals surface area contributed by atoms with Gasteiger partial charge in [0.1, 0.15) is 18.1 Å². The van der Waals surface area contributed by atoms with Gasteiger partial charge in [0.15, 0.2) is 0 Å². The fraction of sp³-hybridized carbons (Fsp3) is 0.364. The Bertz CT molecular complexity index is 2240. The largest absolute Gasteiger partial charge is 0.610 e. The number of benzene rings is 4. The zero-order valence-electron chi connectivity index (χ0n) is 30.4. The van der Waals surface area contributed by atoms with E-state index in [9.17, 15) is 20.2 Å². The van der Waals surface area contributed by atoms with Gasteiger partial charge >= 0.3 is 11.5 Å². The molecule has 3 fully saturated rings. The Morgan fingerprint density at radius 1 is 0.673 bits per heavy atom. The number of nitro groups is 2. The molecule has 3 saturated carbocycles. The molecule has 11 heteroatoms. The van der Waals surface area contributed by atoms with E-state index < -0.39 is 44.1 Å². The van der Waals surface area contributed by atoms with Crippen molar-refractivity contribution in [3.8, 4) is 11.1 Å². The van der Waals surface area contributed by atoms with Gasteiger partial charge in [0.05, 0.1) is 33.0 Å². The summed E-state index contributed by atoms with van der Waals surface area (Å²) < 4.78 is 14.9. The van der Waals surface area contributed by atoms with E-state index in [-0.39, 0.29) is 29.9 Å². The van der Waals surface area contributed by atoms with Crippen LogP contribution in [-0.2, 0) is 26.1 Å². The van der Waals surface area contributed by atoms with Crippen LogP contribution in [0.1, 0.15) is 92.0 Å². The van der Waals surface area contributed by atoms with Gasteiger partial charge in [-0.1, -0.05) is 92.4 Å². The number of hydrogen-bond donors (Lipinski definition) is 0. The molecule has 1 spiro atoms. The molecule has 4 aromatic carbocycles. The maximum absolute atomic E-state index is 15.8. The van der Waals surface area contributed by atoms with Crippen molar-refractivity contribution >= 4 is 23.1 Å². The number of nitrogens with zero attached hydrogens (tertiary/aromatic N) is 3. The Labute approximate surface area is 318 Å². The first kappa shape index (κ1) is 34.9. The minimum Gasteiger partial charge on any atom is -0.610 e. The van der Waals surface area contributed by atoms with E-state index in [0.29, 0.717) is 30.5 Å². The van der Waals surface area contributed by atoms with Crippen LogP contribution in [-0.4, -0.2) is 50.4 Å². The molecule has 0 N–H and O–H groups in total. The molecule has 4 aliphatic carbocycles. The van der Waals surface area contributed by atoms with Crippen LogP contribution in [0.3, 0.4) is 0 Å². The van der Waals surface area contributed by atoms with Crippen molar-refractivity contribution in [2.45, 2.75) is 93.8 Å². The van der Waals surface area contributed by atoms with Crippen molar-refractivity contribution < 1.29 is 33.8 Å². The molecule has 4 aromatic rings. The minimum atomic E-state index is -1.79. The molecule has 9 rings (SSSR count). The number of carbonyl (C=O) groups is 1. The lowest BCUT2D eigenvalue weighted by Crippen LogP contribution is -2.51. The van der Waals surface area contributed by atoms with Crippen LogP contribution in [0.25, 0.3) is 11.1 Å². The highest BCUT2D eigenvalue weighted by Gasteiger charge is 2.90. The van der Waals surface area contributed by atoms with Crippen LogP contribution in [0.4, 0.5) is 11.4 Å². The SMILES string of the molecule is O=C(OC1CCCCC1)C1([N+]2=C(c3cc([N+](=O)[O-])cc([N+](=O)[O-])c3)c3ccccc3CC2)/C(=C(\[O-])OC2CCCCC2)C12c1ccccc1-c1ccccc12. The number of carbonyl (C=O) groups excluding carboxylic acids is 1. The summed E-state index contributed by atoms with van der Waals surface area (Å²) in [6.07, 6.45) is 8.44. The summed E-state index contributed by atoms with van der Waals surface area (Å²) in [5.74, 6) is -1.15. The van der Waals surface area contributed by atoms with Crippen molar-refractivity contribution in [1.29, 1.82) is 0 Å². The second-order valence-electron chi connectivity index (χ2n) is 15.4. The van der Waals surface area contributed by atoms with Gasteiger partial charge in [0.2, 0.25) is 5.71 Å². The van der Waals surface area contributed by atoms with Crippen LogP contribution in [0.5, 0.6) is 0 Å². The van der Waals surface area contributed by atoms with E-state index in [1.54, 1.807) is 0 Å². The number of esters is 1.